The van der Waals surface area contributed by atoms with E-state index in [9.17, 15) is 0 Å². The van der Waals surface area contributed by atoms with Crippen LogP contribution in [0.1, 0.15) is 4.88 Å². The fourth-order valence-corrected chi connectivity index (χ4v) is 1.03. The molecule has 0 saturated carbocycles. The highest BCUT2D eigenvalue weighted by Crippen LogP contribution is 2.30. The van der Waals surface area contributed by atoms with E-state index in [0.29, 0.717) is 0 Å². The van der Waals surface area contributed by atoms with Crippen molar-refractivity contribution in [1.82, 2.24) is 4.37 Å². The van der Waals surface area contributed by atoms with Gasteiger partial charge < -0.3 is 9.84 Å². The van der Waals surface area contributed by atoms with Crippen molar-refractivity contribution in [2.24, 2.45) is 0 Å². The average Bonchev–Trinajstić information content (AvgIpc) is 2.30. The summed E-state index contributed by atoms with van der Waals surface area (Å²) in [7, 11) is 1.38. The normalized spacial score (nSPS) is 8.80. The van der Waals surface area contributed by atoms with Gasteiger partial charge in [-0.25, -0.2) is 0 Å². The minimum Gasteiger partial charge on any atom is -0.502 e. The summed E-state index contributed by atoms with van der Waals surface area (Å²) in [6.07, 6.45) is 0. The molecule has 0 amide bonds. The van der Waals surface area contributed by atoms with E-state index in [2.05, 4.69) is 9.11 Å². The zero-order chi connectivity index (χ0) is 7.56. The fraction of sp³-hybridized carbons (Fsp3) is 0.200. The number of hydrogen-bond acceptors (Lipinski definition) is 5. The molecule has 0 saturated heterocycles. The van der Waals surface area contributed by atoms with Crippen molar-refractivity contribution in [3.05, 3.63) is 4.88 Å². The Morgan fingerprint density at radius 1 is 1.80 bits per heavy atom. The number of hydrogen-bond donors (Lipinski definition) is 1. The first-order valence-corrected chi connectivity index (χ1v) is 3.19. The topological polar surface area (TPSA) is 66.1 Å². The molecule has 0 atom stereocenters. The van der Waals surface area contributed by atoms with Crippen LogP contribution in [0.3, 0.4) is 0 Å². The van der Waals surface area contributed by atoms with E-state index in [0.717, 1.165) is 11.5 Å². The van der Waals surface area contributed by atoms with Crippen molar-refractivity contribution < 1.29 is 9.84 Å². The minimum atomic E-state index is -0.171. The van der Waals surface area contributed by atoms with Crippen LogP contribution < -0.4 is 4.74 Å². The largest absolute Gasteiger partial charge is 0.502 e. The predicted molar refractivity (Wildman–Crippen MR) is 35.0 cm³/mol. The smallest absolute Gasteiger partial charge is 0.269 e. The highest BCUT2D eigenvalue weighted by molar-refractivity contribution is 7.06. The van der Waals surface area contributed by atoms with Gasteiger partial charge in [-0.15, -0.1) is 0 Å². The van der Waals surface area contributed by atoms with Crippen LogP contribution in [0, 0.1) is 11.3 Å². The van der Waals surface area contributed by atoms with E-state index in [-0.39, 0.29) is 16.5 Å². The molecular formula is C5H4N2O2S. The van der Waals surface area contributed by atoms with Crippen molar-refractivity contribution in [3.8, 4) is 17.7 Å². The third-order valence-corrected chi connectivity index (χ3v) is 1.66. The average molecular weight is 156 g/mol. The molecule has 0 aliphatic heterocycles. The van der Waals surface area contributed by atoms with Crippen LogP contribution in [0.15, 0.2) is 0 Å². The van der Waals surface area contributed by atoms with E-state index >= 15 is 0 Å². The first-order valence-electron chi connectivity index (χ1n) is 2.42. The summed E-state index contributed by atoms with van der Waals surface area (Å²) in [5.41, 5.74) is 0. The van der Waals surface area contributed by atoms with Gasteiger partial charge in [-0.1, -0.05) is 0 Å². The van der Waals surface area contributed by atoms with Gasteiger partial charge in [0.25, 0.3) is 5.88 Å². The molecule has 0 aliphatic carbocycles. The lowest BCUT2D eigenvalue weighted by molar-refractivity contribution is 0.364. The molecule has 0 unspecified atom stereocenters. The molecule has 1 N–H and O–H groups in total. The molecule has 52 valence electrons. The molecule has 0 spiro atoms. The zero-order valence-electron chi connectivity index (χ0n) is 5.16. The second-order valence-electron chi connectivity index (χ2n) is 1.48. The van der Waals surface area contributed by atoms with Crippen molar-refractivity contribution in [2.75, 3.05) is 7.11 Å². The Bertz CT molecular complexity index is 276. The monoisotopic (exact) mass is 156 g/mol. The number of nitrogens with zero attached hydrogens (tertiary/aromatic N) is 2. The summed E-state index contributed by atoms with van der Waals surface area (Å²) in [4.78, 5) is 0.178. The van der Waals surface area contributed by atoms with Gasteiger partial charge in [0.2, 0.25) is 5.75 Å². The van der Waals surface area contributed by atoms with Gasteiger partial charge >= 0.3 is 0 Å². The number of ether oxygens (including phenoxy) is 1. The zero-order valence-corrected chi connectivity index (χ0v) is 5.97. The summed E-state index contributed by atoms with van der Waals surface area (Å²) in [5, 5.41) is 17.4. The molecule has 1 heterocycles. The predicted octanol–water partition coefficient (Wildman–Crippen LogP) is 0.729. The van der Waals surface area contributed by atoms with Gasteiger partial charge in [0.1, 0.15) is 6.07 Å². The standard InChI is InChI=1S/C5H4N2O2S/c1-9-5-4(8)3(2-6)10-7-5/h8H,1H3. The molecule has 0 aliphatic rings. The number of nitriles is 1. The fourth-order valence-electron chi connectivity index (χ4n) is 0.478. The van der Waals surface area contributed by atoms with Crippen molar-refractivity contribution in [2.45, 2.75) is 0 Å². The highest BCUT2D eigenvalue weighted by atomic mass is 32.1. The van der Waals surface area contributed by atoms with Crippen molar-refractivity contribution in [3.63, 3.8) is 0 Å². The van der Waals surface area contributed by atoms with Crippen LogP contribution in [0.25, 0.3) is 0 Å². The van der Waals surface area contributed by atoms with Crippen molar-refractivity contribution in [1.29, 1.82) is 5.26 Å². The van der Waals surface area contributed by atoms with Crippen LogP contribution in [0.2, 0.25) is 0 Å². The summed E-state index contributed by atoms with van der Waals surface area (Å²) < 4.78 is 8.28. The van der Waals surface area contributed by atoms with Gasteiger partial charge in [0.15, 0.2) is 4.88 Å². The number of aromatic nitrogens is 1. The first kappa shape index (κ1) is 6.83. The molecule has 10 heavy (non-hydrogen) atoms. The van der Waals surface area contributed by atoms with Gasteiger partial charge in [-0.05, 0) is 11.5 Å². The molecule has 0 aromatic carbocycles. The summed E-state index contributed by atoms with van der Waals surface area (Å²) in [6, 6.07) is 1.78. The van der Waals surface area contributed by atoms with Crippen LogP contribution in [-0.4, -0.2) is 16.6 Å². The molecule has 0 radical (unpaired) electrons. The number of aromatic hydroxyl groups is 1. The van der Waals surface area contributed by atoms with E-state index in [1.807, 2.05) is 0 Å². The first-order chi connectivity index (χ1) is 4.79. The third-order valence-electron chi connectivity index (χ3n) is 0.932. The van der Waals surface area contributed by atoms with Crippen LogP contribution in [0.5, 0.6) is 11.6 Å². The molecular weight excluding hydrogens is 152 g/mol. The van der Waals surface area contributed by atoms with E-state index in [4.69, 9.17) is 10.4 Å². The molecule has 5 heteroatoms. The molecule has 1 aromatic heterocycles. The Kier molecular flexibility index (Phi) is 1.73. The van der Waals surface area contributed by atoms with E-state index in [1.54, 1.807) is 6.07 Å². The minimum absolute atomic E-state index is 0.113. The van der Waals surface area contributed by atoms with E-state index < -0.39 is 0 Å². The van der Waals surface area contributed by atoms with Gasteiger partial charge in [0.05, 0.1) is 7.11 Å². The summed E-state index contributed by atoms with van der Waals surface area (Å²) >= 11 is 0.915. The SMILES string of the molecule is COc1nsc(C#N)c1O. The second kappa shape index (κ2) is 2.54. The van der Waals surface area contributed by atoms with Crippen LogP contribution >= 0.6 is 11.5 Å². The Balaban J connectivity index is 3.12. The van der Waals surface area contributed by atoms with Crippen LogP contribution in [-0.2, 0) is 0 Å². The second-order valence-corrected chi connectivity index (χ2v) is 2.25. The number of methoxy groups -OCH3 is 1. The molecule has 4 nitrogen and oxygen atoms in total. The van der Waals surface area contributed by atoms with Gasteiger partial charge in [-0.3, -0.25) is 0 Å². The van der Waals surface area contributed by atoms with Crippen molar-refractivity contribution >= 4 is 11.5 Å². The van der Waals surface area contributed by atoms with Crippen LogP contribution in [0.4, 0.5) is 0 Å². The maximum Gasteiger partial charge on any atom is 0.269 e. The summed E-state index contributed by atoms with van der Waals surface area (Å²) in [6.45, 7) is 0. The Hall–Kier alpha value is -1.28. The highest BCUT2D eigenvalue weighted by Gasteiger charge is 2.11. The summed E-state index contributed by atoms with van der Waals surface area (Å²) in [5.74, 6) is -0.0587. The van der Waals surface area contributed by atoms with Gasteiger partial charge in [-0.2, -0.15) is 9.64 Å². The number of rotatable bonds is 1. The van der Waals surface area contributed by atoms with Gasteiger partial charge in [0, 0.05) is 0 Å². The molecule has 1 aromatic rings. The molecule has 0 fully saturated rings. The lowest BCUT2D eigenvalue weighted by Crippen LogP contribution is -1.80. The third kappa shape index (κ3) is 0.890. The molecule has 1 rings (SSSR count). The Morgan fingerprint density at radius 2 is 2.50 bits per heavy atom. The van der Waals surface area contributed by atoms with E-state index in [1.165, 1.54) is 7.11 Å². The maximum atomic E-state index is 9.03. The molecule has 0 bridgehead atoms. The Morgan fingerprint density at radius 3 is 2.80 bits per heavy atom. The maximum absolute atomic E-state index is 9.03. The Labute approximate surface area is 61.5 Å². The lowest BCUT2D eigenvalue weighted by atomic mass is 10.5. The quantitative estimate of drug-likeness (QED) is 0.650. The lowest BCUT2D eigenvalue weighted by Gasteiger charge is -1.90.